The van der Waals surface area contributed by atoms with Crippen molar-refractivity contribution < 1.29 is 4.79 Å². The molecular weight excluding hydrogens is 404 g/mol. The monoisotopic (exact) mass is 422 g/mol. The first kappa shape index (κ1) is 19.4. The Morgan fingerprint density at radius 1 is 1.03 bits per heavy atom. The van der Waals surface area contributed by atoms with Crippen LogP contribution in [0, 0.1) is 11.3 Å². The van der Waals surface area contributed by atoms with Gasteiger partial charge in [0.05, 0.1) is 11.6 Å². The molecule has 4 rings (SSSR count). The second-order valence-electron chi connectivity index (χ2n) is 6.84. The van der Waals surface area contributed by atoms with E-state index < -0.39 is 0 Å². The fraction of sp³-hybridized carbons (Fsp3) is 0.227. The van der Waals surface area contributed by atoms with Gasteiger partial charge in [-0.3, -0.25) is 4.79 Å². The summed E-state index contributed by atoms with van der Waals surface area (Å²) < 4.78 is 0. The SMILES string of the molecule is N#Cc1ccc(N2CCCN(C(=O)c3csc(-c4ccc(Cl)cc4)n3)CC2)cc1. The summed E-state index contributed by atoms with van der Waals surface area (Å²) in [4.78, 5) is 21.7. The Balaban J connectivity index is 1.43. The molecule has 0 atom stereocenters. The molecule has 0 bridgehead atoms. The van der Waals surface area contributed by atoms with Crippen LogP contribution in [-0.2, 0) is 0 Å². The summed E-state index contributed by atoms with van der Waals surface area (Å²) in [6.07, 6.45) is 0.889. The molecule has 0 saturated carbocycles. The van der Waals surface area contributed by atoms with Gasteiger partial charge in [-0.1, -0.05) is 23.7 Å². The number of thiazole rings is 1. The van der Waals surface area contributed by atoms with E-state index in [-0.39, 0.29) is 5.91 Å². The van der Waals surface area contributed by atoms with Gasteiger partial charge in [-0.05, 0) is 42.8 Å². The van der Waals surface area contributed by atoms with E-state index in [1.165, 1.54) is 11.3 Å². The Bertz CT molecular complexity index is 1040. The molecular formula is C22H19ClN4OS. The van der Waals surface area contributed by atoms with Crippen molar-refractivity contribution in [1.82, 2.24) is 9.88 Å². The maximum absolute atomic E-state index is 13.0. The Hall–Kier alpha value is -2.88. The molecule has 0 N–H and O–H groups in total. The topological polar surface area (TPSA) is 60.2 Å². The minimum Gasteiger partial charge on any atom is -0.370 e. The number of hydrogen-bond donors (Lipinski definition) is 0. The number of aromatic nitrogens is 1. The third-order valence-corrected chi connectivity index (χ3v) is 6.10. The molecule has 2 aromatic carbocycles. The second kappa shape index (κ2) is 8.64. The summed E-state index contributed by atoms with van der Waals surface area (Å²) in [5, 5.41) is 12.3. The third kappa shape index (κ3) is 4.42. The van der Waals surface area contributed by atoms with Gasteiger partial charge in [-0.2, -0.15) is 5.26 Å². The van der Waals surface area contributed by atoms with Gasteiger partial charge in [0.25, 0.3) is 5.91 Å². The first-order chi connectivity index (χ1) is 14.1. The van der Waals surface area contributed by atoms with Gasteiger partial charge in [0, 0.05) is 47.8 Å². The summed E-state index contributed by atoms with van der Waals surface area (Å²) in [6.45, 7) is 2.99. The zero-order valence-electron chi connectivity index (χ0n) is 15.7. The van der Waals surface area contributed by atoms with E-state index in [4.69, 9.17) is 16.9 Å². The van der Waals surface area contributed by atoms with E-state index in [9.17, 15) is 4.79 Å². The van der Waals surface area contributed by atoms with Crippen LogP contribution < -0.4 is 4.90 Å². The highest BCUT2D eigenvalue weighted by molar-refractivity contribution is 7.13. The zero-order chi connectivity index (χ0) is 20.2. The van der Waals surface area contributed by atoms with Crippen molar-refractivity contribution in [2.45, 2.75) is 6.42 Å². The number of carbonyl (C=O) groups is 1. The number of amides is 1. The van der Waals surface area contributed by atoms with Crippen LogP contribution in [-0.4, -0.2) is 42.0 Å². The van der Waals surface area contributed by atoms with E-state index in [1.807, 2.05) is 58.8 Å². The van der Waals surface area contributed by atoms with Crippen LogP contribution in [0.15, 0.2) is 53.9 Å². The second-order valence-corrected chi connectivity index (χ2v) is 8.13. The van der Waals surface area contributed by atoms with Crippen molar-refractivity contribution in [3.63, 3.8) is 0 Å². The summed E-state index contributed by atoms with van der Waals surface area (Å²) in [6, 6.07) is 17.2. The van der Waals surface area contributed by atoms with Crippen LogP contribution in [0.25, 0.3) is 10.6 Å². The summed E-state index contributed by atoms with van der Waals surface area (Å²) in [5.41, 5.74) is 3.19. The molecule has 29 heavy (non-hydrogen) atoms. The van der Waals surface area contributed by atoms with Crippen molar-refractivity contribution in [3.8, 4) is 16.6 Å². The Morgan fingerprint density at radius 2 is 1.79 bits per heavy atom. The number of anilines is 1. The first-order valence-electron chi connectivity index (χ1n) is 9.40. The van der Waals surface area contributed by atoms with E-state index in [2.05, 4.69) is 16.0 Å². The van der Waals surface area contributed by atoms with Crippen LogP contribution >= 0.6 is 22.9 Å². The average molecular weight is 423 g/mol. The largest absolute Gasteiger partial charge is 0.370 e. The molecule has 0 spiro atoms. The number of carbonyl (C=O) groups excluding carboxylic acids is 1. The maximum Gasteiger partial charge on any atom is 0.273 e. The number of hydrogen-bond acceptors (Lipinski definition) is 5. The van der Waals surface area contributed by atoms with Crippen molar-refractivity contribution in [2.24, 2.45) is 0 Å². The van der Waals surface area contributed by atoms with Gasteiger partial charge < -0.3 is 9.80 Å². The minimum absolute atomic E-state index is 0.0249. The maximum atomic E-state index is 13.0. The highest BCUT2D eigenvalue weighted by atomic mass is 35.5. The zero-order valence-corrected chi connectivity index (χ0v) is 17.3. The van der Waals surface area contributed by atoms with Gasteiger partial charge in [-0.25, -0.2) is 4.98 Å². The quantitative estimate of drug-likeness (QED) is 0.614. The third-order valence-electron chi connectivity index (χ3n) is 4.96. The van der Waals surface area contributed by atoms with Crippen molar-refractivity contribution >= 4 is 34.5 Å². The van der Waals surface area contributed by atoms with Crippen molar-refractivity contribution in [1.29, 1.82) is 5.26 Å². The van der Waals surface area contributed by atoms with Crippen molar-refractivity contribution in [2.75, 3.05) is 31.1 Å². The Labute approximate surface area is 178 Å². The Kier molecular flexibility index (Phi) is 5.79. The summed E-state index contributed by atoms with van der Waals surface area (Å²) >= 11 is 7.42. The molecule has 3 aromatic rings. The van der Waals surface area contributed by atoms with Crippen LogP contribution in [0.2, 0.25) is 5.02 Å². The molecule has 1 aromatic heterocycles. The van der Waals surface area contributed by atoms with Crippen LogP contribution in [0.5, 0.6) is 0 Å². The fourth-order valence-electron chi connectivity index (χ4n) is 3.38. The molecule has 1 saturated heterocycles. The number of benzene rings is 2. The molecule has 0 unspecified atom stereocenters. The first-order valence-corrected chi connectivity index (χ1v) is 10.7. The average Bonchev–Trinajstić information content (AvgIpc) is 3.12. The molecule has 1 amide bonds. The predicted octanol–water partition coefficient (Wildman–Crippen LogP) is 4.69. The van der Waals surface area contributed by atoms with E-state index in [0.29, 0.717) is 29.4 Å². The normalized spacial score (nSPS) is 14.3. The highest BCUT2D eigenvalue weighted by Crippen LogP contribution is 2.26. The van der Waals surface area contributed by atoms with Gasteiger partial charge >= 0.3 is 0 Å². The number of rotatable bonds is 3. The van der Waals surface area contributed by atoms with Crippen molar-refractivity contribution in [3.05, 3.63) is 70.2 Å². The molecule has 146 valence electrons. The van der Waals surface area contributed by atoms with Gasteiger partial charge in [0.15, 0.2) is 0 Å². The standard InChI is InChI=1S/C22H19ClN4OS/c23-18-6-4-17(5-7-18)21-25-20(15-29-21)22(28)27-11-1-10-26(12-13-27)19-8-2-16(14-24)3-9-19/h2-9,15H,1,10-13H2. The lowest BCUT2D eigenvalue weighted by Crippen LogP contribution is -2.35. The van der Waals surface area contributed by atoms with E-state index in [0.717, 1.165) is 35.8 Å². The molecule has 7 heteroatoms. The highest BCUT2D eigenvalue weighted by Gasteiger charge is 2.22. The molecule has 0 aliphatic carbocycles. The number of halogens is 1. The number of nitrogens with zero attached hydrogens (tertiary/aromatic N) is 4. The van der Waals surface area contributed by atoms with E-state index >= 15 is 0 Å². The lowest BCUT2D eigenvalue weighted by molar-refractivity contribution is 0.0762. The van der Waals surface area contributed by atoms with Crippen LogP contribution in [0.3, 0.4) is 0 Å². The van der Waals surface area contributed by atoms with E-state index in [1.54, 1.807) is 0 Å². The smallest absolute Gasteiger partial charge is 0.273 e. The van der Waals surface area contributed by atoms with Gasteiger partial charge in [-0.15, -0.1) is 11.3 Å². The fourth-order valence-corrected chi connectivity index (χ4v) is 4.31. The summed E-state index contributed by atoms with van der Waals surface area (Å²) in [7, 11) is 0. The molecule has 2 heterocycles. The lowest BCUT2D eigenvalue weighted by Gasteiger charge is -2.23. The van der Waals surface area contributed by atoms with Gasteiger partial charge in [0.2, 0.25) is 0 Å². The molecule has 1 aliphatic heterocycles. The molecule has 1 fully saturated rings. The Morgan fingerprint density at radius 3 is 2.52 bits per heavy atom. The lowest BCUT2D eigenvalue weighted by atomic mass is 10.2. The van der Waals surface area contributed by atoms with Crippen LogP contribution in [0.1, 0.15) is 22.5 Å². The number of nitriles is 1. The predicted molar refractivity (Wildman–Crippen MR) is 116 cm³/mol. The minimum atomic E-state index is -0.0249. The molecule has 1 aliphatic rings. The molecule has 5 nitrogen and oxygen atoms in total. The molecule has 0 radical (unpaired) electrons. The van der Waals surface area contributed by atoms with Crippen LogP contribution in [0.4, 0.5) is 5.69 Å². The van der Waals surface area contributed by atoms with Gasteiger partial charge in [0.1, 0.15) is 10.7 Å². The summed E-state index contributed by atoms with van der Waals surface area (Å²) in [5.74, 6) is -0.0249.